The zero-order valence-electron chi connectivity index (χ0n) is 30.3. The van der Waals surface area contributed by atoms with Crippen molar-refractivity contribution in [3.63, 3.8) is 0 Å². The summed E-state index contributed by atoms with van der Waals surface area (Å²) in [5.41, 5.74) is 11.6. The van der Waals surface area contributed by atoms with E-state index in [1.807, 2.05) is 48.7 Å². The number of hydrogen-bond acceptors (Lipinski definition) is 10. The third-order valence-corrected chi connectivity index (χ3v) is 10.3. The number of anilines is 2. The number of nitrogens with one attached hydrogen (secondary N) is 4. The number of amides is 1. The van der Waals surface area contributed by atoms with Gasteiger partial charge >= 0.3 is 0 Å². The fourth-order valence-electron chi connectivity index (χ4n) is 6.99. The highest BCUT2D eigenvalue weighted by atomic mass is 16.5. The largest absolute Gasteiger partial charge is 0.490 e. The molecular formula is C42H45N7O4. The minimum Gasteiger partial charge on any atom is -0.490 e. The summed E-state index contributed by atoms with van der Waals surface area (Å²) < 4.78 is 12.4. The number of aromatic nitrogens is 1. The molecule has 1 aliphatic carbocycles. The smallest absolute Gasteiger partial charge is 0.259 e. The second-order valence-electron chi connectivity index (χ2n) is 14.0. The van der Waals surface area contributed by atoms with Crippen LogP contribution in [0.2, 0.25) is 0 Å². The summed E-state index contributed by atoms with van der Waals surface area (Å²) in [6, 6.07) is 26.0. The van der Waals surface area contributed by atoms with E-state index in [0.29, 0.717) is 35.5 Å². The van der Waals surface area contributed by atoms with E-state index >= 15 is 0 Å². The van der Waals surface area contributed by atoms with E-state index in [-0.39, 0.29) is 29.5 Å². The van der Waals surface area contributed by atoms with Gasteiger partial charge in [0.2, 0.25) is 0 Å². The molecule has 272 valence electrons. The molecule has 0 radical (unpaired) electrons. The van der Waals surface area contributed by atoms with Crippen LogP contribution in [0.5, 0.6) is 17.2 Å². The Labute approximate surface area is 310 Å². The van der Waals surface area contributed by atoms with Crippen LogP contribution in [0, 0.1) is 0 Å². The van der Waals surface area contributed by atoms with Gasteiger partial charge in [0, 0.05) is 78.4 Å². The summed E-state index contributed by atoms with van der Waals surface area (Å²) in [5, 5.41) is 8.42. The van der Waals surface area contributed by atoms with Crippen molar-refractivity contribution < 1.29 is 19.1 Å². The predicted molar refractivity (Wildman–Crippen MR) is 207 cm³/mol. The Bertz CT molecular complexity index is 2020. The summed E-state index contributed by atoms with van der Waals surface area (Å²) in [7, 11) is 1.77. The molecule has 11 nitrogen and oxygen atoms in total. The minimum absolute atomic E-state index is 0.114. The molecule has 1 aromatic heterocycles. The topological polar surface area (TPSA) is 120 Å². The first-order chi connectivity index (χ1) is 25.6. The summed E-state index contributed by atoms with van der Waals surface area (Å²) in [6.45, 7) is 12.7. The number of hydrogen-bond donors (Lipinski definition) is 4. The number of nitrogens with zero attached hydrogens (tertiary/aromatic N) is 3. The lowest BCUT2D eigenvalue weighted by Crippen LogP contribution is -2.42. The molecule has 3 heterocycles. The SMILES string of the molecule is C=C(NC)C(CCC=O)N1C(=C)c2cc(N[C@H]3C[C@@H](Oc4ccc(C(C)(C)c5ccc(Oc6ccc(N7C=CNN7)nc6)cc5)cc4)C3)ccc2C1=O. The van der Waals surface area contributed by atoms with Crippen LogP contribution in [0.1, 0.15) is 66.6 Å². The third kappa shape index (κ3) is 7.33. The lowest BCUT2D eigenvalue weighted by atomic mass is 9.78. The molecule has 4 N–H and O–H groups in total. The van der Waals surface area contributed by atoms with Gasteiger partial charge in [-0.25, -0.2) is 9.99 Å². The number of carbonyl (C=O) groups is 2. The first-order valence-electron chi connectivity index (χ1n) is 17.9. The number of fused-ring (bicyclic) bond motifs is 1. The van der Waals surface area contributed by atoms with E-state index in [2.05, 4.69) is 90.0 Å². The molecule has 0 bridgehead atoms. The van der Waals surface area contributed by atoms with Crippen LogP contribution in [0.3, 0.4) is 0 Å². The fraction of sp³-hybridized carbons (Fsp3) is 0.262. The van der Waals surface area contributed by atoms with Crippen LogP contribution >= 0.6 is 0 Å². The van der Waals surface area contributed by atoms with Gasteiger partial charge in [-0.15, -0.1) is 5.53 Å². The highest BCUT2D eigenvalue weighted by molar-refractivity contribution is 6.09. The number of hydrazine groups is 2. The van der Waals surface area contributed by atoms with Gasteiger partial charge in [-0.1, -0.05) is 51.3 Å². The van der Waals surface area contributed by atoms with Crippen molar-refractivity contribution in [2.45, 2.75) is 63.1 Å². The second-order valence-corrected chi connectivity index (χ2v) is 14.0. The molecule has 1 unspecified atom stereocenters. The molecule has 3 aliphatic rings. The lowest BCUT2D eigenvalue weighted by molar-refractivity contribution is -0.108. The number of likely N-dealkylation sites (N-methyl/N-ethyl adjacent to an activating group) is 1. The van der Waals surface area contributed by atoms with E-state index in [4.69, 9.17) is 9.47 Å². The zero-order chi connectivity index (χ0) is 37.1. The highest BCUT2D eigenvalue weighted by Crippen LogP contribution is 2.39. The van der Waals surface area contributed by atoms with Crippen LogP contribution in [-0.4, -0.2) is 47.3 Å². The molecule has 1 amide bonds. The number of aldehydes is 1. The Hall–Kier alpha value is -6.07. The molecule has 53 heavy (non-hydrogen) atoms. The van der Waals surface area contributed by atoms with Gasteiger partial charge in [-0.05, 0) is 72.1 Å². The molecule has 0 spiro atoms. The molecule has 0 saturated heterocycles. The Kier molecular flexibility index (Phi) is 9.92. The van der Waals surface area contributed by atoms with Gasteiger partial charge in [0.1, 0.15) is 35.5 Å². The van der Waals surface area contributed by atoms with Gasteiger partial charge in [-0.3, -0.25) is 9.69 Å². The zero-order valence-corrected chi connectivity index (χ0v) is 30.3. The van der Waals surface area contributed by atoms with Crippen LogP contribution in [-0.2, 0) is 10.2 Å². The average Bonchev–Trinajstić information content (AvgIpc) is 3.78. The third-order valence-electron chi connectivity index (χ3n) is 10.3. The Morgan fingerprint density at radius 1 is 1.00 bits per heavy atom. The quantitative estimate of drug-likeness (QED) is 0.0958. The standard InChI is InChI=1S/C42H45N7O4/c1-27(43-5)39(7-6-22-50)49-28(2)38-25-31(12-18-37(38)41(49)51)46-32-23-36(24-32)53-34-15-10-30(11-16-34)42(3,4)29-8-13-33(14-9-29)52-35-17-19-40(44-26-35)48-21-20-45-47-48/h8-22,25-26,32,36,39,43,45-47H,1-2,6-7,23-24H2,3-5H3/t32-,36+,39?. The van der Waals surface area contributed by atoms with Crippen LogP contribution in [0.4, 0.5) is 11.5 Å². The van der Waals surface area contributed by atoms with Crippen molar-refractivity contribution in [1.29, 1.82) is 0 Å². The number of carbonyl (C=O) groups excluding carboxylic acids is 2. The summed E-state index contributed by atoms with van der Waals surface area (Å²) >= 11 is 0. The number of rotatable bonds is 15. The minimum atomic E-state index is -0.354. The average molecular weight is 712 g/mol. The van der Waals surface area contributed by atoms with Gasteiger partial charge in [0.25, 0.3) is 5.91 Å². The molecule has 1 saturated carbocycles. The molecule has 2 aliphatic heterocycles. The molecule has 1 fully saturated rings. The molecular weight excluding hydrogens is 667 g/mol. The lowest BCUT2D eigenvalue weighted by Gasteiger charge is -2.36. The van der Waals surface area contributed by atoms with E-state index in [0.717, 1.165) is 47.7 Å². The van der Waals surface area contributed by atoms with Crippen molar-refractivity contribution in [2.24, 2.45) is 0 Å². The first-order valence-corrected chi connectivity index (χ1v) is 17.9. The monoisotopic (exact) mass is 711 g/mol. The van der Waals surface area contributed by atoms with E-state index in [9.17, 15) is 9.59 Å². The maximum absolute atomic E-state index is 13.4. The van der Waals surface area contributed by atoms with Gasteiger partial charge < -0.3 is 30.3 Å². The Morgan fingerprint density at radius 3 is 2.32 bits per heavy atom. The Balaban J connectivity index is 0.905. The normalized spacial score (nSPS) is 18.2. The van der Waals surface area contributed by atoms with E-state index in [1.165, 1.54) is 11.1 Å². The molecule has 3 aromatic carbocycles. The summed E-state index contributed by atoms with van der Waals surface area (Å²) in [4.78, 5) is 30.6. The van der Waals surface area contributed by atoms with Crippen LogP contribution in [0.15, 0.2) is 116 Å². The van der Waals surface area contributed by atoms with Crippen molar-refractivity contribution >= 4 is 29.4 Å². The van der Waals surface area contributed by atoms with E-state index < -0.39 is 0 Å². The van der Waals surface area contributed by atoms with Crippen molar-refractivity contribution in [1.82, 2.24) is 26.2 Å². The van der Waals surface area contributed by atoms with Crippen molar-refractivity contribution in [3.05, 3.63) is 139 Å². The molecule has 4 aromatic rings. The van der Waals surface area contributed by atoms with E-state index in [1.54, 1.807) is 29.4 Å². The maximum Gasteiger partial charge on any atom is 0.259 e. The van der Waals surface area contributed by atoms with Crippen molar-refractivity contribution in [2.75, 3.05) is 17.4 Å². The molecule has 1 atom stereocenters. The molecule has 7 rings (SSSR count). The number of benzene rings is 3. The predicted octanol–water partition coefficient (Wildman–Crippen LogP) is 7.03. The van der Waals surface area contributed by atoms with Gasteiger partial charge in [0.05, 0.1) is 12.2 Å². The molecule has 11 heteroatoms. The Morgan fingerprint density at radius 2 is 1.70 bits per heavy atom. The summed E-state index contributed by atoms with van der Waals surface area (Å²) in [5.74, 6) is 2.88. The van der Waals surface area contributed by atoms with Crippen LogP contribution < -0.4 is 36.1 Å². The fourth-order valence-corrected chi connectivity index (χ4v) is 6.99. The second kappa shape index (κ2) is 14.9. The number of pyridine rings is 1. The van der Waals surface area contributed by atoms with Gasteiger partial charge in [0.15, 0.2) is 0 Å². The number of ether oxygens (including phenoxy) is 2. The van der Waals surface area contributed by atoms with Crippen molar-refractivity contribution in [3.8, 4) is 17.2 Å². The van der Waals surface area contributed by atoms with Crippen LogP contribution in [0.25, 0.3) is 5.70 Å². The highest BCUT2D eigenvalue weighted by Gasteiger charge is 2.38. The first kappa shape index (κ1) is 35.3. The maximum atomic E-state index is 13.4. The summed E-state index contributed by atoms with van der Waals surface area (Å²) in [6.07, 6.45) is 8.85. The van der Waals surface area contributed by atoms with Gasteiger partial charge in [-0.2, -0.15) is 0 Å².